The summed E-state index contributed by atoms with van der Waals surface area (Å²) >= 11 is 6.36. The summed E-state index contributed by atoms with van der Waals surface area (Å²) in [6.07, 6.45) is 6.63. The second-order valence-electron chi connectivity index (χ2n) is 7.83. The fraction of sp³-hybridized carbons (Fsp3) is 0.700. The number of hydrogen-bond acceptors (Lipinski definition) is 11. The highest BCUT2D eigenvalue weighted by atomic mass is 35.5. The molecule has 0 aliphatic carbocycles. The van der Waals surface area contributed by atoms with Gasteiger partial charge in [0.15, 0.2) is 11.6 Å². The van der Waals surface area contributed by atoms with Crippen molar-refractivity contribution in [2.75, 3.05) is 67.6 Å². The first kappa shape index (κ1) is 23.1. The van der Waals surface area contributed by atoms with Gasteiger partial charge >= 0.3 is 0 Å². The number of anilines is 3. The van der Waals surface area contributed by atoms with Gasteiger partial charge in [-0.15, -0.1) is 0 Å². The Hall–Kier alpha value is -2.05. The molecule has 4 rings (SSSR count). The lowest BCUT2D eigenvalue weighted by atomic mass is 10.1. The zero-order valence-electron chi connectivity index (χ0n) is 18.1. The average molecular weight is 468 g/mol. The molecular weight excluding hydrogens is 438 g/mol. The van der Waals surface area contributed by atoms with Crippen molar-refractivity contribution in [2.24, 2.45) is 0 Å². The van der Waals surface area contributed by atoms with Crippen molar-refractivity contribution in [1.82, 2.24) is 19.9 Å². The number of nitrogens with zero attached hydrogens (tertiary/aromatic N) is 7. The number of aliphatic hydroxyl groups is 2. The number of fused-ring (bicyclic) bond motifs is 1. The SMILES string of the molecule is OCCON(OCCO)c1nc(N2CCCCC2)c2nc(Cl)nc(N3CCCCC3)c2n1. The van der Waals surface area contributed by atoms with E-state index in [1.54, 1.807) is 0 Å². The van der Waals surface area contributed by atoms with E-state index in [0.717, 1.165) is 57.1 Å². The van der Waals surface area contributed by atoms with Crippen LogP contribution in [0, 0.1) is 0 Å². The van der Waals surface area contributed by atoms with Crippen molar-refractivity contribution < 1.29 is 19.9 Å². The molecule has 32 heavy (non-hydrogen) atoms. The van der Waals surface area contributed by atoms with Gasteiger partial charge in [0.05, 0.1) is 13.2 Å². The quantitative estimate of drug-likeness (QED) is 0.414. The van der Waals surface area contributed by atoms with Crippen LogP contribution in [-0.2, 0) is 9.68 Å². The number of halogens is 1. The first-order valence-corrected chi connectivity index (χ1v) is 11.6. The standard InChI is InChI=1S/C20H30ClN7O4/c21-19-22-15-16(17(24-19)26-7-3-1-4-8-26)23-20(28(31-13-11-29)32-14-12-30)25-18(15)27-9-5-2-6-10-27/h29-30H,1-14H2. The Balaban J connectivity index is 1.84. The van der Waals surface area contributed by atoms with Crippen LogP contribution in [0.5, 0.6) is 0 Å². The Labute approximate surface area is 191 Å². The number of hydrogen-bond donors (Lipinski definition) is 2. The van der Waals surface area contributed by atoms with Crippen LogP contribution in [0.3, 0.4) is 0 Å². The molecule has 2 saturated heterocycles. The van der Waals surface area contributed by atoms with E-state index in [9.17, 15) is 10.2 Å². The molecule has 11 nitrogen and oxygen atoms in total. The Morgan fingerprint density at radius 1 is 0.719 bits per heavy atom. The predicted molar refractivity (Wildman–Crippen MR) is 121 cm³/mol. The van der Waals surface area contributed by atoms with Crippen molar-refractivity contribution >= 4 is 40.2 Å². The fourth-order valence-electron chi connectivity index (χ4n) is 4.08. The molecule has 4 heterocycles. The maximum Gasteiger partial charge on any atom is 0.280 e. The Bertz CT molecular complexity index is 886. The van der Waals surface area contributed by atoms with Crippen molar-refractivity contribution in [1.29, 1.82) is 0 Å². The third-order valence-electron chi connectivity index (χ3n) is 5.54. The first-order chi connectivity index (χ1) is 15.7. The van der Waals surface area contributed by atoms with Crippen LogP contribution < -0.4 is 15.0 Å². The topological polar surface area (TPSA) is 120 Å². The molecule has 2 fully saturated rings. The van der Waals surface area contributed by atoms with Gasteiger partial charge in [0.2, 0.25) is 5.28 Å². The second-order valence-corrected chi connectivity index (χ2v) is 8.16. The average Bonchev–Trinajstić information content (AvgIpc) is 2.84. The predicted octanol–water partition coefficient (Wildman–Crippen LogP) is 1.71. The van der Waals surface area contributed by atoms with E-state index in [0.29, 0.717) is 22.7 Å². The van der Waals surface area contributed by atoms with E-state index in [4.69, 9.17) is 31.2 Å². The zero-order chi connectivity index (χ0) is 22.3. The Kier molecular flexibility index (Phi) is 8.09. The van der Waals surface area contributed by atoms with Gasteiger partial charge in [-0.2, -0.15) is 9.97 Å². The van der Waals surface area contributed by atoms with E-state index in [1.807, 2.05) is 0 Å². The zero-order valence-corrected chi connectivity index (χ0v) is 18.9. The highest BCUT2D eigenvalue weighted by Crippen LogP contribution is 2.34. The molecular formula is C20H30ClN7O4. The maximum absolute atomic E-state index is 9.22. The Morgan fingerprint density at radius 3 is 1.75 bits per heavy atom. The minimum atomic E-state index is -0.205. The highest BCUT2D eigenvalue weighted by Gasteiger charge is 2.26. The van der Waals surface area contributed by atoms with Gasteiger partial charge in [-0.3, -0.25) is 0 Å². The molecule has 176 valence electrons. The minimum absolute atomic E-state index is 0.0119. The number of piperidine rings is 2. The molecule has 12 heteroatoms. The minimum Gasteiger partial charge on any atom is -0.394 e. The summed E-state index contributed by atoms with van der Waals surface area (Å²) in [6.45, 7) is 3.00. The molecule has 0 atom stereocenters. The summed E-state index contributed by atoms with van der Waals surface area (Å²) in [4.78, 5) is 33.8. The normalized spacial score (nSPS) is 17.2. The van der Waals surface area contributed by atoms with Crippen LogP contribution in [0.4, 0.5) is 17.6 Å². The van der Waals surface area contributed by atoms with E-state index in [2.05, 4.69) is 19.8 Å². The molecule has 0 amide bonds. The van der Waals surface area contributed by atoms with Gasteiger partial charge in [0.25, 0.3) is 5.95 Å². The van der Waals surface area contributed by atoms with Crippen LogP contribution in [0.1, 0.15) is 38.5 Å². The molecule has 0 spiro atoms. The summed E-state index contributed by atoms with van der Waals surface area (Å²) < 4.78 is 0. The lowest BCUT2D eigenvalue weighted by molar-refractivity contribution is -0.106. The highest BCUT2D eigenvalue weighted by molar-refractivity contribution is 6.29. The molecule has 0 unspecified atom stereocenters. The van der Waals surface area contributed by atoms with Gasteiger partial charge in [-0.05, 0) is 50.1 Å². The number of aliphatic hydroxyl groups excluding tert-OH is 2. The molecule has 2 aromatic rings. The van der Waals surface area contributed by atoms with E-state index in [-0.39, 0.29) is 37.7 Å². The van der Waals surface area contributed by atoms with E-state index >= 15 is 0 Å². The van der Waals surface area contributed by atoms with Gasteiger partial charge in [0.1, 0.15) is 24.2 Å². The molecule has 0 radical (unpaired) electrons. The number of aromatic nitrogens is 4. The fourth-order valence-corrected chi connectivity index (χ4v) is 4.25. The third-order valence-corrected chi connectivity index (χ3v) is 5.71. The van der Waals surface area contributed by atoms with Crippen LogP contribution in [-0.4, -0.2) is 82.8 Å². The van der Waals surface area contributed by atoms with Crippen molar-refractivity contribution in [3.8, 4) is 0 Å². The van der Waals surface area contributed by atoms with Gasteiger partial charge in [-0.25, -0.2) is 19.6 Å². The van der Waals surface area contributed by atoms with Gasteiger partial charge < -0.3 is 20.0 Å². The lowest BCUT2D eigenvalue weighted by Gasteiger charge is -2.31. The first-order valence-electron chi connectivity index (χ1n) is 11.2. The summed E-state index contributed by atoms with van der Waals surface area (Å²) in [7, 11) is 0. The van der Waals surface area contributed by atoms with Crippen molar-refractivity contribution in [3.05, 3.63) is 5.28 Å². The van der Waals surface area contributed by atoms with Crippen molar-refractivity contribution in [2.45, 2.75) is 38.5 Å². The lowest BCUT2D eigenvalue weighted by Crippen LogP contribution is -2.34. The van der Waals surface area contributed by atoms with Gasteiger partial charge in [0, 0.05) is 26.2 Å². The summed E-state index contributed by atoms with van der Waals surface area (Å²) in [5.41, 5.74) is 1.17. The Morgan fingerprint density at radius 2 is 1.22 bits per heavy atom. The van der Waals surface area contributed by atoms with Gasteiger partial charge in [-0.1, -0.05) is 5.23 Å². The molecule has 2 aromatic heterocycles. The number of rotatable bonds is 9. The smallest absolute Gasteiger partial charge is 0.280 e. The summed E-state index contributed by atoms with van der Waals surface area (Å²) in [5.74, 6) is 1.48. The maximum atomic E-state index is 9.22. The van der Waals surface area contributed by atoms with Crippen molar-refractivity contribution in [3.63, 3.8) is 0 Å². The molecule has 2 aliphatic rings. The monoisotopic (exact) mass is 467 g/mol. The molecule has 2 N–H and O–H groups in total. The van der Waals surface area contributed by atoms with Crippen LogP contribution in [0.15, 0.2) is 0 Å². The van der Waals surface area contributed by atoms with Crippen LogP contribution in [0.2, 0.25) is 5.28 Å². The molecule has 0 bridgehead atoms. The molecule has 2 aliphatic heterocycles. The largest absolute Gasteiger partial charge is 0.394 e. The van der Waals surface area contributed by atoms with E-state index < -0.39 is 0 Å². The molecule has 0 aromatic carbocycles. The summed E-state index contributed by atoms with van der Waals surface area (Å²) in [5, 5.41) is 19.6. The molecule has 0 saturated carbocycles. The van der Waals surface area contributed by atoms with Crippen LogP contribution in [0.25, 0.3) is 11.0 Å². The van der Waals surface area contributed by atoms with E-state index in [1.165, 1.54) is 12.8 Å². The second kappa shape index (κ2) is 11.2. The summed E-state index contributed by atoms with van der Waals surface area (Å²) in [6, 6.07) is 0. The third kappa shape index (κ3) is 5.29. The van der Waals surface area contributed by atoms with Crippen LogP contribution >= 0.6 is 11.6 Å².